The summed E-state index contributed by atoms with van der Waals surface area (Å²) >= 11 is 0. The van der Waals surface area contributed by atoms with Crippen LogP contribution >= 0.6 is 0 Å². The Hall–Kier alpha value is -0.810. The molecule has 0 aromatic carbocycles. The minimum atomic E-state index is -0.461. The van der Waals surface area contributed by atoms with Gasteiger partial charge in [0.1, 0.15) is 5.60 Å². The normalized spacial score (nSPS) is 19.1. The molecule has 100 valence electrons. The average Bonchev–Trinajstić information content (AvgIpc) is 2.62. The summed E-state index contributed by atoms with van der Waals surface area (Å²) in [5.41, 5.74) is -0.469. The molecule has 0 aromatic rings. The predicted octanol–water partition coefficient (Wildman–Crippen LogP) is 1.96. The molecule has 1 aliphatic rings. The number of carbonyl (C=O) groups excluding carboxylic acids is 1. The predicted molar refractivity (Wildman–Crippen MR) is 65.3 cm³/mol. The molecule has 0 atom stereocenters. The van der Waals surface area contributed by atoms with Crippen molar-refractivity contribution in [2.45, 2.75) is 52.1 Å². The molecule has 0 unspecified atom stereocenters. The van der Waals surface area contributed by atoms with Gasteiger partial charge in [-0.2, -0.15) is 0 Å². The van der Waals surface area contributed by atoms with E-state index in [1.54, 1.807) is 0 Å². The lowest BCUT2D eigenvalue weighted by molar-refractivity contribution is 0.0323. The molecule has 1 saturated carbocycles. The largest absolute Gasteiger partial charge is 0.444 e. The fourth-order valence-electron chi connectivity index (χ4n) is 2.25. The molecule has 0 radical (unpaired) electrons. The number of ether oxygens (including phenoxy) is 1. The smallest absolute Gasteiger partial charge is 0.407 e. The van der Waals surface area contributed by atoms with Gasteiger partial charge in [0.25, 0.3) is 0 Å². The minimum Gasteiger partial charge on any atom is -0.444 e. The van der Waals surface area contributed by atoms with Crippen LogP contribution in [-0.4, -0.2) is 24.8 Å². The van der Waals surface area contributed by atoms with E-state index in [9.17, 15) is 4.79 Å². The number of amides is 1. The Labute approximate surface area is 103 Å². The molecule has 0 bridgehead atoms. The highest BCUT2D eigenvalue weighted by Crippen LogP contribution is 2.37. The fourth-order valence-corrected chi connectivity index (χ4v) is 2.25. The molecule has 5 heteroatoms. The van der Waals surface area contributed by atoms with Crippen LogP contribution in [0.4, 0.5) is 4.79 Å². The van der Waals surface area contributed by atoms with Crippen molar-refractivity contribution >= 4 is 6.09 Å². The van der Waals surface area contributed by atoms with Crippen molar-refractivity contribution in [2.24, 2.45) is 11.3 Å². The first-order valence-electron chi connectivity index (χ1n) is 6.15. The Morgan fingerprint density at radius 3 is 2.41 bits per heavy atom. The lowest BCUT2D eigenvalue weighted by atomic mass is 9.87. The number of rotatable bonds is 4. The van der Waals surface area contributed by atoms with Gasteiger partial charge in [-0.15, -0.1) is 0 Å². The van der Waals surface area contributed by atoms with Gasteiger partial charge >= 0.3 is 6.09 Å². The average molecular weight is 244 g/mol. The first kappa shape index (κ1) is 14.3. The van der Waals surface area contributed by atoms with E-state index in [1.165, 1.54) is 12.8 Å². The summed E-state index contributed by atoms with van der Waals surface area (Å²) in [7, 11) is 0. The SMILES string of the molecule is CC(C)(C)OC(=O)NCC1(CON)CCCC1. The maximum atomic E-state index is 11.6. The number of hydrogen-bond acceptors (Lipinski definition) is 4. The Balaban J connectivity index is 2.39. The van der Waals surface area contributed by atoms with E-state index < -0.39 is 5.60 Å². The van der Waals surface area contributed by atoms with E-state index in [0.29, 0.717) is 13.2 Å². The zero-order valence-electron chi connectivity index (χ0n) is 11.0. The summed E-state index contributed by atoms with van der Waals surface area (Å²) in [5.74, 6) is 5.16. The molecule has 0 aliphatic heterocycles. The van der Waals surface area contributed by atoms with Crippen LogP contribution < -0.4 is 11.2 Å². The van der Waals surface area contributed by atoms with Crippen molar-refractivity contribution < 1.29 is 14.4 Å². The third-order valence-corrected chi connectivity index (χ3v) is 3.06. The second-order valence-electron chi connectivity index (χ2n) is 5.87. The lowest BCUT2D eigenvalue weighted by Crippen LogP contribution is -2.41. The monoisotopic (exact) mass is 244 g/mol. The zero-order chi connectivity index (χ0) is 12.9. The van der Waals surface area contributed by atoms with Crippen LogP contribution in [0.1, 0.15) is 46.5 Å². The van der Waals surface area contributed by atoms with Gasteiger partial charge in [-0.25, -0.2) is 10.7 Å². The van der Waals surface area contributed by atoms with Gasteiger partial charge in [-0.1, -0.05) is 12.8 Å². The van der Waals surface area contributed by atoms with Crippen LogP contribution in [-0.2, 0) is 9.57 Å². The first-order chi connectivity index (χ1) is 7.87. The minimum absolute atomic E-state index is 0.00828. The highest BCUT2D eigenvalue weighted by atomic mass is 16.6. The second-order valence-corrected chi connectivity index (χ2v) is 5.87. The van der Waals surface area contributed by atoms with Gasteiger partial charge < -0.3 is 14.9 Å². The standard InChI is InChI=1S/C12H24N2O3/c1-11(2,3)17-10(15)14-8-12(9-16-13)6-4-5-7-12/h4-9,13H2,1-3H3,(H,14,15). The molecule has 1 amide bonds. The maximum absolute atomic E-state index is 11.6. The van der Waals surface area contributed by atoms with E-state index in [1.807, 2.05) is 20.8 Å². The van der Waals surface area contributed by atoms with Crippen molar-refractivity contribution in [2.75, 3.05) is 13.2 Å². The lowest BCUT2D eigenvalue weighted by Gasteiger charge is -2.28. The van der Waals surface area contributed by atoms with Gasteiger partial charge in [0, 0.05) is 12.0 Å². The summed E-state index contributed by atoms with van der Waals surface area (Å²) in [5, 5.41) is 2.81. The van der Waals surface area contributed by atoms with Gasteiger partial charge in [0.15, 0.2) is 0 Å². The van der Waals surface area contributed by atoms with Crippen molar-refractivity contribution in [1.82, 2.24) is 5.32 Å². The van der Waals surface area contributed by atoms with E-state index in [4.69, 9.17) is 15.5 Å². The third kappa shape index (κ3) is 4.91. The molecule has 3 N–H and O–H groups in total. The highest BCUT2D eigenvalue weighted by molar-refractivity contribution is 5.67. The Bertz CT molecular complexity index is 255. The molecule has 0 saturated heterocycles. The van der Waals surface area contributed by atoms with Crippen molar-refractivity contribution in [1.29, 1.82) is 0 Å². The summed E-state index contributed by atoms with van der Waals surface area (Å²) in [6.07, 6.45) is 4.04. The number of nitrogens with two attached hydrogens (primary N) is 1. The summed E-state index contributed by atoms with van der Waals surface area (Å²) in [4.78, 5) is 16.3. The number of hydrogen-bond donors (Lipinski definition) is 2. The molecule has 0 aromatic heterocycles. The van der Waals surface area contributed by atoms with Gasteiger partial charge in [-0.3, -0.25) is 0 Å². The van der Waals surface area contributed by atoms with Gasteiger partial charge in [0.2, 0.25) is 0 Å². The molecule has 1 fully saturated rings. The summed E-state index contributed by atoms with van der Waals surface area (Å²) in [6.45, 7) is 6.60. The summed E-state index contributed by atoms with van der Waals surface area (Å²) in [6, 6.07) is 0. The summed E-state index contributed by atoms with van der Waals surface area (Å²) < 4.78 is 5.20. The van der Waals surface area contributed by atoms with Crippen LogP contribution in [0.25, 0.3) is 0 Å². The molecular weight excluding hydrogens is 220 g/mol. The third-order valence-electron chi connectivity index (χ3n) is 3.06. The van der Waals surface area contributed by atoms with Crippen molar-refractivity contribution in [3.63, 3.8) is 0 Å². The van der Waals surface area contributed by atoms with Crippen LogP contribution in [0.2, 0.25) is 0 Å². The Morgan fingerprint density at radius 1 is 1.35 bits per heavy atom. The van der Waals surface area contributed by atoms with E-state index >= 15 is 0 Å². The quantitative estimate of drug-likeness (QED) is 0.741. The fraction of sp³-hybridized carbons (Fsp3) is 0.917. The van der Waals surface area contributed by atoms with E-state index in [0.717, 1.165) is 12.8 Å². The molecule has 5 nitrogen and oxygen atoms in total. The van der Waals surface area contributed by atoms with Gasteiger partial charge in [0.05, 0.1) is 6.61 Å². The van der Waals surface area contributed by atoms with Crippen molar-refractivity contribution in [3.8, 4) is 0 Å². The maximum Gasteiger partial charge on any atom is 0.407 e. The zero-order valence-corrected chi connectivity index (χ0v) is 11.0. The van der Waals surface area contributed by atoms with E-state index in [-0.39, 0.29) is 11.5 Å². The van der Waals surface area contributed by atoms with Crippen LogP contribution in [0.5, 0.6) is 0 Å². The van der Waals surface area contributed by atoms with Crippen LogP contribution in [0, 0.1) is 5.41 Å². The molecule has 0 spiro atoms. The second kappa shape index (κ2) is 5.69. The molecule has 1 aliphatic carbocycles. The van der Waals surface area contributed by atoms with Crippen LogP contribution in [0.15, 0.2) is 0 Å². The number of carbonyl (C=O) groups is 1. The highest BCUT2D eigenvalue weighted by Gasteiger charge is 2.35. The van der Waals surface area contributed by atoms with Crippen LogP contribution in [0.3, 0.4) is 0 Å². The number of nitrogens with one attached hydrogen (secondary N) is 1. The topological polar surface area (TPSA) is 73.6 Å². The number of alkyl carbamates (subject to hydrolysis) is 1. The first-order valence-corrected chi connectivity index (χ1v) is 6.15. The molecule has 0 heterocycles. The molecule has 17 heavy (non-hydrogen) atoms. The Kier molecular flexibility index (Phi) is 4.77. The molecule has 1 rings (SSSR count). The van der Waals surface area contributed by atoms with Gasteiger partial charge in [-0.05, 0) is 33.6 Å². The van der Waals surface area contributed by atoms with Crippen molar-refractivity contribution in [3.05, 3.63) is 0 Å². The Morgan fingerprint density at radius 2 is 1.94 bits per heavy atom. The van der Waals surface area contributed by atoms with E-state index in [2.05, 4.69) is 5.32 Å². The molecular formula is C12H24N2O3.